The molecule has 32 heavy (non-hydrogen) atoms. The lowest BCUT2D eigenvalue weighted by molar-refractivity contribution is -0.137. The summed E-state index contributed by atoms with van der Waals surface area (Å²) in [6, 6.07) is 11.9. The van der Waals surface area contributed by atoms with E-state index in [9.17, 15) is 22.8 Å². The van der Waals surface area contributed by atoms with E-state index in [-0.39, 0.29) is 17.1 Å². The molecule has 0 aliphatic heterocycles. The number of hydrogen-bond donors (Lipinski definition) is 0. The Morgan fingerprint density at radius 2 is 1.50 bits per heavy atom. The van der Waals surface area contributed by atoms with Crippen molar-refractivity contribution >= 4 is 33.5 Å². The Morgan fingerprint density at radius 3 is 2.00 bits per heavy atom. The summed E-state index contributed by atoms with van der Waals surface area (Å²) >= 11 is 0. The molecule has 0 N–H and O–H groups in total. The maximum Gasteiger partial charge on any atom is 0.354 e. The highest BCUT2D eigenvalue weighted by Gasteiger charge is 2.31. The van der Waals surface area contributed by atoms with Gasteiger partial charge in [-0.15, -0.1) is 0 Å². The lowest BCUT2D eigenvalue weighted by Crippen LogP contribution is -2.36. The van der Waals surface area contributed by atoms with E-state index >= 15 is 0 Å². The van der Waals surface area contributed by atoms with Gasteiger partial charge < -0.3 is 9.47 Å². The van der Waals surface area contributed by atoms with E-state index in [1.54, 1.807) is 18.2 Å². The van der Waals surface area contributed by atoms with Crippen LogP contribution in [-0.4, -0.2) is 44.7 Å². The van der Waals surface area contributed by atoms with Crippen LogP contribution in [0.15, 0.2) is 65.7 Å². The number of para-hydroxylation sites is 1. The normalized spacial score (nSPS) is 10.8. The van der Waals surface area contributed by atoms with E-state index in [1.807, 2.05) is 0 Å². The number of carbonyl (C=O) groups excluding carboxylic acids is 3. The number of methoxy groups -OCH3 is 2. The number of benzene rings is 2. The zero-order valence-corrected chi connectivity index (χ0v) is 19.0. The van der Waals surface area contributed by atoms with Gasteiger partial charge >= 0.3 is 5.97 Å². The fourth-order valence-electron chi connectivity index (χ4n) is 3.00. The second kappa shape index (κ2) is 10.1. The third kappa shape index (κ3) is 5.14. The molecule has 0 atom stereocenters. The number of carbonyl (C=O) groups is 3. The zero-order chi connectivity index (χ0) is 24.1. The average Bonchev–Trinajstić information content (AvgIpc) is 2.76. The Balaban J connectivity index is 2.61. The number of anilines is 1. The van der Waals surface area contributed by atoms with E-state index in [2.05, 4.69) is 11.3 Å². The van der Waals surface area contributed by atoms with Gasteiger partial charge in [0.25, 0.3) is 10.0 Å². The number of imide groups is 1. The van der Waals surface area contributed by atoms with Crippen LogP contribution in [0.3, 0.4) is 0 Å². The highest BCUT2D eigenvalue weighted by molar-refractivity contribution is 7.89. The number of nitrogens with zero attached hydrogens (tertiary/aromatic N) is 2. The molecule has 10 heteroatoms. The summed E-state index contributed by atoms with van der Waals surface area (Å²) in [6.07, 6.45) is 0. The predicted octanol–water partition coefficient (Wildman–Crippen LogP) is 2.47. The third-order valence-corrected chi connectivity index (χ3v) is 6.34. The zero-order valence-electron chi connectivity index (χ0n) is 18.2. The minimum atomic E-state index is -4.27. The molecule has 0 radical (unpaired) electrons. The van der Waals surface area contributed by atoms with Crippen molar-refractivity contribution < 1.29 is 32.3 Å². The van der Waals surface area contributed by atoms with E-state index in [1.165, 1.54) is 51.3 Å². The molecule has 2 rings (SSSR count). The lowest BCUT2D eigenvalue weighted by Gasteiger charge is -2.27. The molecule has 0 fully saturated rings. The molecule has 0 heterocycles. The monoisotopic (exact) mass is 460 g/mol. The fourth-order valence-corrected chi connectivity index (χ4v) is 4.41. The third-order valence-electron chi connectivity index (χ3n) is 4.55. The summed E-state index contributed by atoms with van der Waals surface area (Å²) < 4.78 is 37.3. The number of rotatable bonds is 8. The molecule has 0 aliphatic carbocycles. The van der Waals surface area contributed by atoms with Crippen molar-refractivity contribution in [3.8, 4) is 5.75 Å². The fraction of sp³-hybridized carbons (Fsp3) is 0.227. The van der Waals surface area contributed by atoms with E-state index in [0.717, 1.165) is 16.3 Å². The number of esters is 1. The SMILES string of the molecule is C=C(C(=O)OC)N(Cc1ccccc1N(C(C)=O)C(C)=O)S(=O)(=O)c1ccc(OC)cc1. The van der Waals surface area contributed by atoms with Crippen molar-refractivity contribution in [1.29, 1.82) is 0 Å². The molecule has 0 spiro atoms. The number of hydrogen-bond acceptors (Lipinski definition) is 7. The van der Waals surface area contributed by atoms with Gasteiger partial charge in [0.2, 0.25) is 11.8 Å². The highest BCUT2D eigenvalue weighted by atomic mass is 32.2. The first kappa shape index (κ1) is 24.6. The first-order chi connectivity index (χ1) is 15.0. The summed E-state index contributed by atoms with van der Waals surface area (Å²) in [4.78, 5) is 37.1. The smallest absolute Gasteiger partial charge is 0.354 e. The summed E-state index contributed by atoms with van der Waals surface area (Å²) in [5.74, 6) is -1.58. The van der Waals surface area contributed by atoms with Gasteiger partial charge in [0.05, 0.1) is 31.3 Å². The van der Waals surface area contributed by atoms with Crippen LogP contribution in [0.4, 0.5) is 5.69 Å². The van der Waals surface area contributed by atoms with Crippen LogP contribution in [0, 0.1) is 0 Å². The van der Waals surface area contributed by atoms with Gasteiger partial charge in [0.15, 0.2) is 0 Å². The van der Waals surface area contributed by atoms with Crippen LogP contribution in [0.25, 0.3) is 0 Å². The summed E-state index contributed by atoms with van der Waals surface area (Å²) in [5.41, 5.74) is 0.0652. The molecule has 0 aliphatic rings. The molecule has 0 aromatic heterocycles. The number of ether oxygens (including phenoxy) is 2. The largest absolute Gasteiger partial charge is 0.497 e. The van der Waals surface area contributed by atoms with Gasteiger partial charge in [-0.05, 0) is 35.9 Å². The van der Waals surface area contributed by atoms with Gasteiger partial charge in [0, 0.05) is 13.8 Å². The molecule has 2 aromatic carbocycles. The average molecular weight is 461 g/mol. The van der Waals surface area contributed by atoms with E-state index in [4.69, 9.17) is 4.74 Å². The van der Waals surface area contributed by atoms with E-state index < -0.39 is 33.5 Å². The Kier molecular flexibility index (Phi) is 7.77. The van der Waals surface area contributed by atoms with Crippen LogP contribution in [-0.2, 0) is 35.7 Å². The molecule has 0 bridgehead atoms. The second-order valence-electron chi connectivity index (χ2n) is 6.63. The van der Waals surface area contributed by atoms with Crippen molar-refractivity contribution in [3.63, 3.8) is 0 Å². The summed E-state index contributed by atoms with van der Waals surface area (Å²) in [5, 5.41) is 0. The van der Waals surface area contributed by atoms with Gasteiger partial charge in [0.1, 0.15) is 11.4 Å². The first-order valence-electron chi connectivity index (χ1n) is 9.37. The van der Waals surface area contributed by atoms with Crippen LogP contribution in [0.5, 0.6) is 5.75 Å². The molecule has 0 saturated heterocycles. The molecular weight excluding hydrogens is 436 g/mol. The maximum atomic E-state index is 13.4. The molecule has 9 nitrogen and oxygen atoms in total. The number of amides is 2. The van der Waals surface area contributed by atoms with Crippen LogP contribution >= 0.6 is 0 Å². The highest BCUT2D eigenvalue weighted by Crippen LogP contribution is 2.29. The standard InChI is InChI=1S/C22H24N2O7S/c1-15(22(27)31-5)23(32(28,29)20-12-10-19(30-4)11-13-20)14-18-8-6-7-9-21(18)24(16(2)25)17(3)26/h6-13H,1,14H2,2-5H3. The van der Waals surface area contributed by atoms with Gasteiger partial charge in [-0.3, -0.25) is 18.8 Å². The summed E-state index contributed by atoms with van der Waals surface area (Å²) in [6.45, 7) is 5.65. The van der Waals surface area contributed by atoms with Crippen molar-refractivity contribution in [3.05, 3.63) is 66.4 Å². The van der Waals surface area contributed by atoms with Gasteiger partial charge in [-0.2, -0.15) is 0 Å². The summed E-state index contributed by atoms with van der Waals surface area (Å²) in [7, 11) is -1.72. The topological polar surface area (TPSA) is 110 Å². The van der Waals surface area contributed by atoms with Crippen molar-refractivity contribution in [2.45, 2.75) is 25.3 Å². The maximum absolute atomic E-state index is 13.4. The van der Waals surface area contributed by atoms with Crippen molar-refractivity contribution in [1.82, 2.24) is 4.31 Å². The van der Waals surface area contributed by atoms with Crippen molar-refractivity contribution in [2.24, 2.45) is 0 Å². The molecular formula is C22H24N2O7S. The van der Waals surface area contributed by atoms with Gasteiger partial charge in [-0.25, -0.2) is 13.2 Å². The Morgan fingerprint density at radius 1 is 0.938 bits per heavy atom. The van der Waals surface area contributed by atoms with Crippen LogP contribution in [0.1, 0.15) is 19.4 Å². The second-order valence-corrected chi connectivity index (χ2v) is 8.49. The Bertz CT molecular complexity index is 1130. The molecule has 2 aromatic rings. The minimum Gasteiger partial charge on any atom is -0.497 e. The Labute approximate surface area is 186 Å². The quantitative estimate of drug-likeness (QED) is 0.440. The molecule has 170 valence electrons. The molecule has 0 saturated carbocycles. The first-order valence-corrected chi connectivity index (χ1v) is 10.8. The Hall–Kier alpha value is -3.66. The minimum absolute atomic E-state index is 0.115. The van der Waals surface area contributed by atoms with Gasteiger partial charge in [-0.1, -0.05) is 24.8 Å². The lowest BCUT2D eigenvalue weighted by atomic mass is 10.1. The van der Waals surface area contributed by atoms with Crippen LogP contribution < -0.4 is 9.64 Å². The molecule has 0 unspecified atom stereocenters. The predicted molar refractivity (Wildman–Crippen MR) is 117 cm³/mol. The molecule has 2 amide bonds. The van der Waals surface area contributed by atoms with Crippen molar-refractivity contribution in [2.75, 3.05) is 19.1 Å². The van der Waals surface area contributed by atoms with E-state index in [0.29, 0.717) is 11.3 Å². The number of sulfonamides is 1. The van der Waals surface area contributed by atoms with Crippen LogP contribution in [0.2, 0.25) is 0 Å².